The minimum absolute atomic E-state index is 0.237. The van der Waals surface area contributed by atoms with Crippen LogP contribution in [0, 0.1) is 0 Å². The van der Waals surface area contributed by atoms with Crippen LogP contribution in [-0.2, 0) is 14.9 Å². The van der Waals surface area contributed by atoms with Gasteiger partial charge < -0.3 is 14.8 Å². The first-order chi connectivity index (χ1) is 9.54. The first-order valence-corrected chi connectivity index (χ1v) is 7.10. The Kier molecular flexibility index (Phi) is 6.02. The van der Waals surface area contributed by atoms with Gasteiger partial charge in [0.1, 0.15) is 11.9 Å². The van der Waals surface area contributed by atoms with Gasteiger partial charge in [0.05, 0.1) is 12.5 Å². The molecule has 0 bridgehead atoms. The van der Waals surface area contributed by atoms with Crippen LogP contribution in [0.3, 0.4) is 0 Å². The van der Waals surface area contributed by atoms with Crippen LogP contribution >= 0.6 is 0 Å². The average Bonchev–Trinajstić information content (AvgIpc) is 2.44. The van der Waals surface area contributed by atoms with Crippen molar-refractivity contribution in [3.8, 4) is 5.75 Å². The molecule has 2 rings (SSSR count). The Morgan fingerprint density at radius 3 is 2.45 bits per heavy atom. The fraction of sp³-hybridized carbons (Fsp3) is 0.562. The van der Waals surface area contributed by atoms with E-state index in [4.69, 9.17) is 9.47 Å². The smallest absolute Gasteiger partial charge is 0.315 e. The molecule has 1 fully saturated rings. The third-order valence-electron chi connectivity index (χ3n) is 3.30. The van der Waals surface area contributed by atoms with E-state index < -0.39 is 5.41 Å². The molecule has 0 saturated carbocycles. The van der Waals surface area contributed by atoms with Crippen molar-refractivity contribution >= 4 is 5.97 Å². The van der Waals surface area contributed by atoms with E-state index in [-0.39, 0.29) is 12.1 Å². The minimum Gasteiger partial charge on any atom is -0.488 e. The zero-order valence-corrected chi connectivity index (χ0v) is 13.0. The standard InChI is InChI=1S/C14H19NO3.C2H6/c1-14(2,13(16)17-3)10-5-4-6-11(7-10)18-12-8-15-9-12;1-2/h4-7,12,15H,8-9H2,1-3H3;1-2H3. The molecule has 1 aromatic rings. The van der Waals surface area contributed by atoms with Gasteiger partial charge in [0.2, 0.25) is 0 Å². The molecule has 0 amide bonds. The predicted octanol–water partition coefficient (Wildman–Crippen LogP) is 2.51. The summed E-state index contributed by atoms with van der Waals surface area (Å²) in [6.45, 7) is 9.46. The normalized spacial score (nSPS) is 14.7. The molecule has 0 spiro atoms. The van der Waals surface area contributed by atoms with E-state index in [0.717, 1.165) is 24.4 Å². The van der Waals surface area contributed by atoms with Crippen LogP contribution < -0.4 is 10.1 Å². The van der Waals surface area contributed by atoms with Crippen molar-refractivity contribution in [3.63, 3.8) is 0 Å². The van der Waals surface area contributed by atoms with Gasteiger partial charge in [-0.25, -0.2) is 0 Å². The summed E-state index contributed by atoms with van der Waals surface area (Å²) >= 11 is 0. The van der Waals surface area contributed by atoms with Crippen LogP contribution in [-0.4, -0.2) is 32.3 Å². The quantitative estimate of drug-likeness (QED) is 0.860. The van der Waals surface area contributed by atoms with Crippen LogP contribution in [0.4, 0.5) is 0 Å². The van der Waals surface area contributed by atoms with E-state index in [2.05, 4.69) is 5.32 Å². The molecule has 0 aliphatic carbocycles. The maximum Gasteiger partial charge on any atom is 0.315 e. The maximum absolute atomic E-state index is 11.8. The number of carbonyl (C=O) groups excluding carboxylic acids is 1. The van der Waals surface area contributed by atoms with E-state index in [1.807, 2.05) is 52.0 Å². The summed E-state index contributed by atoms with van der Waals surface area (Å²) in [4.78, 5) is 11.8. The monoisotopic (exact) mass is 279 g/mol. The van der Waals surface area contributed by atoms with Crippen molar-refractivity contribution in [1.29, 1.82) is 0 Å². The Hall–Kier alpha value is -1.55. The first kappa shape index (κ1) is 16.5. The summed E-state index contributed by atoms with van der Waals surface area (Å²) in [5, 5.41) is 3.15. The van der Waals surface area contributed by atoms with E-state index >= 15 is 0 Å². The fourth-order valence-electron chi connectivity index (χ4n) is 1.87. The minimum atomic E-state index is -0.661. The molecule has 0 unspecified atom stereocenters. The van der Waals surface area contributed by atoms with Gasteiger partial charge in [-0.2, -0.15) is 0 Å². The molecule has 0 atom stereocenters. The van der Waals surface area contributed by atoms with Crippen LogP contribution in [0.25, 0.3) is 0 Å². The van der Waals surface area contributed by atoms with Gasteiger partial charge in [0.15, 0.2) is 0 Å². The second-order valence-electron chi connectivity index (χ2n) is 5.04. The molecule has 0 radical (unpaired) electrons. The van der Waals surface area contributed by atoms with Gasteiger partial charge in [-0.1, -0.05) is 26.0 Å². The number of hydrogen-bond donors (Lipinski definition) is 1. The first-order valence-electron chi connectivity index (χ1n) is 7.10. The fourth-order valence-corrected chi connectivity index (χ4v) is 1.87. The van der Waals surface area contributed by atoms with Crippen molar-refractivity contribution in [2.45, 2.75) is 39.2 Å². The molecule has 20 heavy (non-hydrogen) atoms. The molecule has 4 nitrogen and oxygen atoms in total. The van der Waals surface area contributed by atoms with Crippen molar-refractivity contribution in [2.24, 2.45) is 0 Å². The van der Waals surface area contributed by atoms with Crippen LogP contribution in [0.15, 0.2) is 24.3 Å². The Bertz CT molecular complexity index is 439. The predicted molar refractivity (Wildman–Crippen MR) is 80.1 cm³/mol. The lowest BCUT2D eigenvalue weighted by Gasteiger charge is -2.29. The second-order valence-corrected chi connectivity index (χ2v) is 5.04. The van der Waals surface area contributed by atoms with Gasteiger partial charge in [-0.05, 0) is 31.5 Å². The zero-order chi connectivity index (χ0) is 15.2. The van der Waals surface area contributed by atoms with Crippen molar-refractivity contribution in [1.82, 2.24) is 5.32 Å². The van der Waals surface area contributed by atoms with Crippen LogP contribution in [0.5, 0.6) is 5.75 Å². The molecule has 1 aliphatic rings. The SMILES string of the molecule is CC.COC(=O)C(C)(C)c1cccc(OC2CNC2)c1. The summed E-state index contributed by atoms with van der Waals surface area (Å²) in [5.41, 5.74) is 0.241. The number of carbonyl (C=O) groups is 1. The molecule has 112 valence electrons. The third-order valence-corrected chi connectivity index (χ3v) is 3.30. The van der Waals surface area contributed by atoms with E-state index in [9.17, 15) is 4.79 Å². The molecular weight excluding hydrogens is 254 g/mol. The maximum atomic E-state index is 11.8. The molecule has 1 aliphatic heterocycles. The van der Waals surface area contributed by atoms with Gasteiger partial charge in [0.25, 0.3) is 0 Å². The Morgan fingerprint density at radius 2 is 1.95 bits per heavy atom. The summed E-state index contributed by atoms with van der Waals surface area (Å²) in [5.74, 6) is 0.556. The second kappa shape index (κ2) is 7.29. The highest BCUT2D eigenvalue weighted by Crippen LogP contribution is 2.28. The van der Waals surface area contributed by atoms with Crippen LogP contribution in [0.2, 0.25) is 0 Å². The van der Waals surface area contributed by atoms with E-state index in [0.29, 0.717) is 0 Å². The van der Waals surface area contributed by atoms with E-state index in [1.165, 1.54) is 7.11 Å². The molecular formula is C16H25NO3. The number of hydrogen-bond acceptors (Lipinski definition) is 4. The number of methoxy groups -OCH3 is 1. The topological polar surface area (TPSA) is 47.6 Å². The third kappa shape index (κ3) is 3.73. The number of esters is 1. The zero-order valence-electron chi connectivity index (χ0n) is 13.0. The molecule has 1 saturated heterocycles. The molecule has 4 heteroatoms. The lowest BCUT2D eigenvalue weighted by atomic mass is 9.85. The highest BCUT2D eigenvalue weighted by Gasteiger charge is 2.31. The average molecular weight is 279 g/mol. The summed E-state index contributed by atoms with van der Waals surface area (Å²) in [7, 11) is 1.41. The summed E-state index contributed by atoms with van der Waals surface area (Å²) < 4.78 is 10.6. The highest BCUT2D eigenvalue weighted by atomic mass is 16.5. The summed E-state index contributed by atoms with van der Waals surface area (Å²) in [6.07, 6.45) is 0.237. The largest absolute Gasteiger partial charge is 0.488 e. The molecule has 1 N–H and O–H groups in total. The van der Waals surface area contributed by atoms with Gasteiger partial charge in [0, 0.05) is 13.1 Å². The number of nitrogens with one attached hydrogen (secondary N) is 1. The van der Waals surface area contributed by atoms with E-state index in [1.54, 1.807) is 0 Å². The lowest BCUT2D eigenvalue weighted by molar-refractivity contribution is -0.146. The van der Waals surface area contributed by atoms with Crippen LogP contribution in [0.1, 0.15) is 33.3 Å². The lowest BCUT2D eigenvalue weighted by Crippen LogP contribution is -2.50. The number of ether oxygens (including phenoxy) is 2. The van der Waals surface area contributed by atoms with Gasteiger partial charge in [-0.3, -0.25) is 4.79 Å². The molecule has 1 heterocycles. The van der Waals surface area contributed by atoms with Crippen molar-refractivity contribution in [3.05, 3.63) is 29.8 Å². The molecule has 0 aromatic heterocycles. The molecule has 1 aromatic carbocycles. The number of rotatable bonds is 4. The van der Waals surface area contributed by atoms with Crippen molar-refractivity contribution in [2.75, 3.05) is 20.2 Å². The Labute approximate surface area is 121 Å². The summed E-state index contributed by atoms with van der Waals surface area (Å²) in [6, 6.07) is 7.65. The highest BCUT2D eigenvalue weighted by molar-refractivity contribution is 5.82. The Morgan fingerprint density at radius 1 is 1.30 bits per heavy atom. The Balaban J connectivity index is 0.000000956. The van der Waals surface area contributed by atoms with Gasteiger partial charge >= 0.3 is 5.97 Å². The number of benzene rings is 1. The van der Waals surface area contributed by atoms with Gasteiger partial charge in [-0.15, -0.1) is 0 Å². The van der Waals surface area contributed by atoms with Crippen molar-refractivity contribution < 1.29 is 14.3 Å².